The number of rotatable bonds is 7. The summed E-state index contributed by atoms with van der Waals surface area (Å²) in [6, 6.07) is 15.4. The van der Waals surface area contributed by atoms with Crippen molar-refractivity contribution in [3.05, 3.63) is 65.0 Å². The van der Waals surface area contributed by atoms with Gasteiger partial charge in [0, 0.05) is 16.5 Å². The Kier molecular flexibility index (Phi) is 6.02. The fourth-order valence-corrected chi connectivity index (χ4v) is 3.13. The SMILES string of the molecule is CCCCOc1cccc(C(=O)Nc2nc(-c3ccc(C)cc3)cs2)c1. The van der Waals surface area contributed by atoms with Crippen LogP contribution in [0.3, 0.4) is 0 Å². The summed E-state index contributed by atoms with van der Waals surface area (Å²) in [6.07, 6.45) is 2.07. The van der Waals surface area contributed by atoms with Crippen LogP contribution < -0.4 is 10.1 Å². The number of carbonyl (C=O) groups is 1. The van der Waals surface area contributed by atoms with Crippen LogP contribution in [0.4, 0.5) is 5.13 Å². The summed E-state index contributed by atoms with van der Waals surface area (Å²) in [5, 5.41) is 5.40. The van der Waals surface area contributed by atoms with Gasteiger partial charge in [0.15, 0.2) is 5.13 Å². The van der Waals surface area contributed by atoms with E-state index in [-0.39, 0.29) is 5.91 Å². The lowest BCUT2D eigenvalue weighted by molar-refractivity contribution is 0.102. The van der Waals surface area contributed by atoms with Gasteiger partial charge < -0.3 is 4.74 Å². The van der Waals surface area contributed by atoms with Crippen LogP contribution >= 0.6 is 11.3 Å². The second-order valence-electron chi connectivity index (χ2n) is 6.09. The molecule has 0 unspecified atom stereocenters. The molecule has 26 heavy (non-hydrogen) atoms. The molecule has 0 bridgehead atoms. The van der Waals surface area contributed by atoms with Crippen molar-refractivity contribution in [1.82, 2.24) is 4.98 Å². The summed E-state index contributed by atoms with van der Waals surface area (Å²) in [5.74, 6) is 0.529. The van der Waals surface area contributed by atoms with Gasteiger partial charge in [-0.2, -0.15) is 0 Å². The van der Waals surface area contributed by atoms with E-state index >= 15 is 0 Å². The predicted molar refractivity (Wildman–Crippen MR) is 107 cm³/mol. The highest BCUT2D eigenvalue weighted by Gasteiger charge is 2.11. The predicted octanol–water partition coefficient (Wildman–Crippen LogP) is 5.55. The van der Waals surface area contributed by atoms with Gasteiger partial charge in [-0.1, -0.05) is 49.2 Å². The molecule has 0 fully saturated rings. The van der Waals surface area contributed by atoms with E-state index < -0.39 is 0 Å². The normalized spacial score (nSPS) is 10.5. The standard InChI is InChI=1S/C21H22N2O2S/c1-3-4-12-25-18-7-5-6-17(13-18)20(24)23-21-22-19(14-26-21)16-10-8-15(2)9-11-16/h5-11,13-14H,3-4,12H2,1-2H3,(H,22,23,24). The molecule has 0 aliphatic carbocycles. The Morgan fingerprint density at radius 1 is 1.19 bits per heavy atom. The number of aromatic nitrogens is 1. The quantitative estimate of drug-likeness (QED) is 0.558. The van der Waals surface area contributed by atoms with Crippen LogP contribution in [-0.2, 0) is 0 Å². The molecule has 1 amide bonds. The maximum Gasteiger partial charge on any atom is 0.257 e. The number of carbonyl (C=O) groups excluding carboxylic acids is 1. The lowest BCUT2D eigenvalue weighted by atomic mass is 10.1. The Bertz CT molecular complexity index is 872. The summed E-state index contributed by atoms with van der Waals surface area (Å²) >= 11 is 1.42. The molecule has 0 aliphatic rings. The Balaban J connectivity index is 1.66. The van der Waals surface area contributed by atoms with E-state index in [9.17, 15) is 4.79 Å². The number of aryl methyl sites for hydroxylation is 1. The van der Waals surface area contributed by atoms with E-state index in [1.165, 1.54) is 16.9 Å². The highest BCUT2D eigenvalue weighted by atomic mass is 32.1. The summed E-state index contributed by atoms with van der Waals surface area (Å²) in [4.78, 5) is 17.0. The number of unbranched alkanes of at least 4 members (excludes halogenated alkanes) is 1. The Labute approximate surface area is 157 Å². The van der Waals surface area contributed by atoms with E-state index in [2.05, 4.69) is 36.3 Å². The zero-order chi connectivity index (χ0) is 18.4. The van der Waals surface area contributed by atoms with Crippen molar-refractivity contribution in [2.24, 2.45) is 0 Å². The van der Waals surface area contributed by atoms with Gasteiger partial charge in [0.25, 0.3) is 5.91 Å². The molecule has 0 atom stereocenters. The third-order valence-corrected chi connectivity index (χ3v) is 4.69. The van der Waals surface area contributed by atoms with E-state index in [4.69, 9.17) is 4.74 Å². The van der Waals surface area contributed by atoms with E-state index in [0.717, 1.165) is 24.1 Å². The number of hydrogen-bond donors (Lipinski definition) is 1. The Morgan fingerprint density at radius 3 is 2.77 bits per heavy atom. The summed E-state index contributed by atoms with van der Waals surface area (Å²) < 4.78 is 5.67. The van der Waals surface area contributed by atoms with Gasteiger partial charge in [-0.15, -0.1) is 11.3 Å². The lowest BCUT2D eigenvalue weighted by Gasteiger charge is -2.07. The summed E-state index contributed by atoms with van der Waals surface area (Å²) in [5.41, 5.74) is 3.67. The van der Waals surface area contributed by atoms with Crippen LogP contribution in [0.25, 0.3) is 11.3 Å². The summed E-state index contributed by atoms with van der Waals surface area (Å²) in [7, 11) is 0. The highest BCUT2D eigenvalue weighted by Crippen LogP contribution is 2.25. The number of thiazole rings is 1. The maximum atomic E-state index is 12.5. The van der Waals surface area contributed by atoms with Crippen LogP contribution in [0.2, 0.25) is 0 Å². The van der Waals surface area contributed by atoms with Gasteiger partial charge in [-0.05, 0) is 31.5 Å². The molecule has 1 aromatic heterocycles. The smallest absolute Gasteiger partial charge is 0.257 e. The van der Waals surface area contributed by atoms with Gasteiger partial charge in [0.05, 0.1) is 12.3 Å². The zero-order valence-electron chi connectivity index (χ0n) is 15.0. The maximum absolute atomic E-state index is 12.5. The summed E-state index contributed by atoms with van der Waals surface area (Å²) in [6.45, 7) is 4.83. The average Bonchev–Trinajstić information content (AvgIpc) is 3.11. The molecule has 2 aromatic carbocycles. The van der Waals surface area contributed by atoms with Gasteiger partial charge in [-0.25, -0.2) is 4.98 Å². The minimum absolute atomic E-state index is 0.184. The lowest BCUT2D eigenvalue weighted by Crippen LogP contribution is -2.11. The topological polar surface area (TPSA) is 51.2 Å². The van der Waals surface area contributed by atoms with Crippen LogP contribution in [-0.4, -0.2) is 17.5 Å². The van der Waals surface area contributed by atoms with E-state index in [1.807, 2.05) is 29.6 Å². The van der Waals surface area contributed by atoms with Gasteiger partial charge in [0.1, 0.15) is 5.75 Å². The Morgan fingerprint density at radius 2 is 2.00 bits per heavy atom. The van der Waals surface area contributed by atoms with Crippen LogP contribution in [0, 0.1) is 6.92 Å². The van der Waals surface area contributed by atoms with E-state index in [0.29, 0.717) is 23.1 Å². The van der Waals surface area contributed by atoms with Gasteiger partial charge in [-0.3, -0.25) is 10.1 Å². The van der Waals surface area contributed by atoms with Crippen molar-refractivity contribution < 1.29 is 9.53 Å². The van der Waals surface area contributed by atoms with Gasteiger partial charge >= 0.3 is 0 Å². The molecule has 0 spiro atoms. The first kappa shape index (κ1) is 18.1. The monoisotopic (exact) mass is 366 g/mol. The average molecular weight is 366 g/mol. The van der Waals surface area contributed by atoms with Crippen LogP contribution in [0.1, 0.15) is 35.7 Å². The second kappa shape index (κ2) is 8.63. The highest BCUT2D eigenvalue weighted by molar-refractivity contribution is 7.14. The third kappa shape index (κ3) is 4.70. The molecular formula is C21H22N2O2S. The molecule has 5 heteroatoms. The van der Waals surface area contributed by atoms with Crippen molar-refractivity contribution in [3.63, 3.8) is 0 Å². The molecule has 134 valence electrons. The minimum Gasteiger partial charge on any atom is -0.494 e. The van der Waals surface area contributed by atoms with E-state index in [1.54, 1.807) is 12.1 Å². The third-order valence-electron chi connectivity index (χ3n) is 3.93. The molecular weight excluding hydrogens is 344 g/mol. The molecule has 1 heterocycles. The number of amides is 1. The first-order valence-electron chi connectivity index (χ1n) is 8.72. The largest absolute Gasteiger partial charge is 0.494 e. The first-order valence-corrected chi connectivity index (χ1v) is 9.60. The number of nitrogens with zero attached hydrogens (tertiary/aromatic N) is 1. The molecule has 0 aliphatic heterocycles. The Hall–Kier alpha value is -2.66. The molecule has 0 saturated carbocycles. The molecule has 0 radical (unpaired) electrons. The molecule has 0 saturated heterocycles. The van der Waals surface area contributed by atoms with Crippen LogP contribution in [0.5, 0.6) is 5.75 Å². The number of benzene rings is 2. The van der Waals surface area contributed by atoms with Gasteiger partial charge in [0.2, 0.25) is 0 Å². The molecule has 1 N–H and O–H groups in total. The fourth-order valence-electron chi connectivity index (χ4n) is 2.42. The number of hydrogen-bond acceptors (Lipinski definition) is 4. The van der Waals surface area contributed by atoms with Crippen LogP contribution in [0.15, 0.2) is 53.9 Å². The van der Waals surface area contributed by atoms with Crippen molar-refractivity contribution in [1.29, 1.82) is 0 Å². The fraction of sp³-hybridized carbons (Fsp3) is 0.238. The van der Waals surface area contributed by atoms with Crippen molar-refractivity contribution in [3.8, 4) is 17.0 Å². The number of ether oxygens (including phenoxy) is 1. The zero-order valence-corrected chi connectivity index (χ0v) is 15.8. The minimum atomic E-state index is -0.184. The van der Waals surface area contributed by atoms with Crippen molar-refractivity contribution >= 4 is 22.4 Å². The second-order valence-corrected chi connectivity index (χ2v) is 6.95. The molecule has 3 aromatic rings. The molecule has 4 nitrogen and oxygen atoms in total. The van der Waals surface area contributed by atoms with Crippen molar-refractivity contribution in [2.45, 2.75) is 26.7 Å². The first-order chi connectivity index (χ1) is 12.7. The number of anilines is 1. The number of nitrogens with one attached hydrogen (secondary N) is 1. The van der Waals surface area contributed by atoms with Crippen molar-refractivity contribution in [2.75, 3.05) is 11.9 Å². The molecule has 3 rings (SSSR count).